The number of ketones is 1. The van der Waals surface area contributed by atoms with Crippen LogP contribution >= 0.6 is 0 Å². The van der Waals surface area contributed by atoms with Crippen LogP contribution in [0.15, 0.2) is 61.1 Å². The number of nitrogens with zero attached hydrogens (tertiary/aromatic N) is 6. The minimum absolute atomic E-state index is 0.00269. The van der Waals surface area contributed by atoms with E-state index < -0.39 is 0 Å². The SMILES string of the molecule is COc1ccc(C(=O)C(C)CCCC2CCCOCC2)cc1N1CCN(c2ncnc3c2cnn3-c2ccccc2)CC1. The van der Waals surface area contributed by atoms with Crippen LogP contribution in [-0.2, 0) is 4.74 Å². The summed E-state index contributed by atoms with van der Waals surface area (Å²) in [5, 5.41) is 5.55. The molecule has 6 rings (SSSR count). The van der Waals surface area contributed by atoms with Crippen molar-refractivity contribution >= 4 is 28.3 Å². The first-order chi connectivity index (χ1) is 21.1. The van der Waals surface area contributed by atoms with Gasteiger partial charge in [0.15, 0.2) is 11.4 Å². The average molecular weight is 583 g/mol. The zero-order valence-electron chi connectivity index (χ0n) is 25.3. The van der Waals surface area contributed by atoms with Crippen LogP contribution < -0.4 is 14.5 Å². The van der Waals surface area contributed by atoms with Gasteiger partial charge in [0.2, 0.25) is 0 Å². The van der Waals surface area contributed by atoms with Gasteiger partial charge >= 0.3 is 0 Å². The van der Waals surface area contributed by atoms with E-state index in [1.165, 1.54) is 12.8 Å². The van der Waals surface area contributed by atoms with Gasteiger partial charge < -0.3 is 19.3 Å². The van der Waals surface area contributed by atoms with Gasteiger partial charge in [-0.1, -0.05) is 38.0 Å². The summed E-state index contributed by atoms with van der Waals surface area (Å²) in [6.07, 6.45) is 10.2. The van der Waals surface area contributed by atoms with Gasteiger partial charge in [0.05, 0.1) is 30.1 Å². The third kappa shape index (κ3) is 6.51. The van der Waals surface area contributed by atoms with Crippen molar-refractivity contribution in [3.8, 4) is 11.4 Å². The number of hydrogen-bond donors (Lipinski definition) is 0. The van der Waals surface area contributed by atoms with E-state index in [2.05, 4.69) is 31.8 Å². The molecule has 226 valence electrons. The number of aromatic nitrogens is 4. The molecule has 2 aliphatic rings. The number of piperazine rings is 1. The predicted molar refractivity (Wildman–Crippen MR) is 170 cm³/mol. The van der Waals surface area contributed by atoms with Crippen molar-refractivity contribution in [2.75, 3.05) is 56.3 Å². The van der Waals surface area contributed by atoms with E-state index in [1.54, 1.807) is 13.4 Å². The molecule has 43 heavy (non-hydrogen) atoms. The van der Waals surface area contributed by atoms with Crippen LogP contribution in [0.3, 0.4) is 0 Å². The largest absolute Gasteiger partial charge is 0.495 e. The van der Waals surface area contributed by atoms with Gasteiger partial charge in [-0.25, -0.2) is 14.6 Å². The highest BCUT2D eigenvalue weighted by molar-refractivity contribution is 5.99. The monoisotopic (exact) mass is 582 g/mol. The topological polar surface area (TPSA) is 85.6 Å². The lowest BCUT2D eigenvalue weighted by Crippen LogP contribution is -2.47. The fraction of sp³-hybridized carbons (Fsp3) is 0.471. The fourth-order valence-electron chi connectivity index (χ4n) is 6.48. The smallest absolute Gasteiger partial charge is 0.168 e. The van der Waals surface area contributed by atoms with Crippen molar-refractivity contribution in [2.24, 2.45) is 11.8 Å². The second kappa shape index (κ2) is 13.5. The Balaban J connectivity index is 1.11. The number of anilines is 2. The zero-order valence-corrected chi connectivity index (χ0v) is 25.3. The van der Waals surface area contributed by atoms with Gasteiger partial charge in [0, 0.05) is 50.9 Å². The summed E-state index contributed by atoms with van der Waals surface area (Å²) in [5.41, 5.74) is 3.50. The molecule has 0 bridgehead atoms. The fourth-order valence-corrected chi connectivity index (χ4v) is 6.48. The van der Waals surface area contributed by atoms with Crippen LogP contribution in [-0.4, -0.2) is 72.0 Å². The maximum Gasteiger partial charge on any atom is 0.168 e. The molecule has 2 unspecified atom stereocenters. The lowest BCUT2D eigenvalue weighted by atomic mass is 9.89. The number of benzene rings is 2. The van der Waals surface area contributed by atoms with Crippen molar-refractivity contribution in [1.29, 1.82) is 0 Å². The van der Waals surface area contributed by atoms with Crippen LogP contribution in [0, 0.1) is 11.8 Å². The van der Waals surface area contributed by atoms with Crippen LogP contribution in [0.4, 0.5) is 11.5 Å². The predicted octanol–water partition coefficient (Wildman–Crippen LogP) is 5.96. The number of para-hydroxylation sites is 1. The van der Waals surface area contributed by atoms with Gasteiger partial charge in [-0.05, 0) is 61.9 Å². The molecular formula is C34H42N6O3. The molecular weight excluding hydrogens is 540 g/mol. The molecule has 9 nitrogen and oxygen atoms in total. The second-order valence-corrected chi connectivity index (χ2v) is 11.8. The Labute approximate surface area is 253 Å². The van der Waals surface area contributed by atoms with E-state index in [0.717, 1.165) is 111 Å². The van der Waals surface area contributed by atoms with Crippen molar-refractivity contribution < 1.29 is 14.3 Å². The van der Waals surface area contributed by atoms with Gasteiger partial charge in [0.1, 0.15) is 17.9 Å². The first-order valence-corrected chi connectivity index (χ1v) is 15.7. The molecule has 4 heterocycles. The van der Waals surface area contributed by atoms with E-state index in [9.17, 15) is 4.79 Å². The molecule has 0 aliphatic carbocycles. The summed E-state index contributed by atoms with van der Waals surface area (Å²) in [7, 11) is 1.69. The molecule has 2 aromatic heterocycles. The quantitative estimate of drug-likeness (QED) is 0.212. The molecule has 0 radical (unpaired) electrons. The maximum absolute atomic E-state index is 13.5. The molecule has 2 aliphatic heterocycles. The Morgan fingerprint density at radius 3 is 2.65 bits per heavy atom. The van der Waals surface area contributed by atoms with Gasteiger partial charge in [0.25, 0.3) is 0 Å². The Morgan fingerprint density at radius 2 is 1.84 bits per heavy atom. The van der Waals surface area contributed by atoms with E-state index in [1.807, 2.05) is 59.4 Å². The van der Waals surface area contributed by atoms with Crippen LogP contribution in [0.1, 0.15) is 55.8 Å². The maximum atomic E-state index is 13.5. The van der Waals surface area contributed by atoms with Crippen LogP contribution in [0.5, 0.6) is 5.75 Å². The standard InChI is InChI=1S/C34H42N6O3/c1-25(8-6-9-26-10-7-20-43-21-15-26)32(41)27-13-14-31(42-2)30(22-27)38-16-18-39(19-17-38)33-29-23-37-40(34(29)36-24-35-33)28-11-4-3-5-12-28/h3-5,11-14,22-26H,6-10,15-21H2,1-2H3. The number of Topliss-reactive ketones (excluding diaryl/α,β-unsaturated/α-hetero) is 1. The minimum Gasteiger partial charge on any atom is -0.495 e. The molecule has 2 atom stereocenters. The van der Waals surface area contributed by atoms with Crippen molar-refractivity contribution in [3.05, 3.63) is 66.6 Å². The summed E-state index contributed by atoms with van der Waals surface area (Å²) in [6, 6.07) is 15.9. The first kappa shape index (κ1) is 29.1. The second-order valence-electron chi connectivity index (χ2n) is 11.8. The highest BCUT2D eigenvalue weighted by atomic mass is 16.5. The number of carbonyl (C=O) groups excluding carboxylic acids is 1. The van der Waals surface area contributed by atoms with Crippen molar-refractivity contribution in [3.63, 3.8) is 0 Å². The molecule has 2 fully saturated rings. The number of methoxy groups -OCH3 is 1. The molecule has 0 saturated carbocycles. The van der Waals surface area contributed by atoms with Gasteiger partial charge in [-0.3, -0.25) is 4.79 Å². The number of ether oxygens (including phenoxy) is 2. The Morgan fingerprint density at radius 1 is 1.02 bits per heavy atom. The van der Waals surface area contributed by atoms with E-state index >= 15 is 0 Å². The van der Waals surface area contributed by atoms with Crippen molar-refractivity contribution in [2.45, 2.75) is 45.4 Å². The van der Waals surface area contributed by atoms with E-state index in [4.69, 9.17) is 9.47 Å². The Bertz CT molecular complexity index is 1510. The van der Waals surface area contributed by atoms with Gasteiger partial charge in [-0.2, -0.15) is 5.10 Å². The summed E-state index contributed by atoms with van der Waals surface area (Å²) in [4.78, 5) is 27.3. The average Bonchev–Trinajstić information content (AvgIpc) is 3.33. The first-order valence-electron chi connectivity index (χ1n) is 15.7. The third-order valence-electron chi connectivity index (χ3n) is 9.00. The van der Waals surface area contributed by atoms with Crippen LogP contribution in [0.2, 0.25) is 0 Å². The molecule has 2 aromatic carbocycles. The summed E-state index contributed by atoms with van der Waals surface area (Å²) >= 11 is 0. The Kier molecular flexibility index (Phi) is 9.17. The Hall–Kier alpha value is -3.98. The number of hydrogen-bond acceptors (Lipinski definition) is 8. The number of carbonyl (C=O) groups is 1. The highest BCUT2D eigenvalue weighted by Gasteiger charge is 2.25. The van der Waals surface area contributed by atoms with Gasteiger partial charge in [-0.15, -0.1) is 0 Å². The molecule has 0 N–H and O–H groups in total. The molecule has 4 aromatic rings. The zero-order chi connectivity index (χ0) is 29.6. The number of fused-ring (bicyclic) bond motifs is 1. The van der Waals surface area contributed by atoms with Crippen LogP contribution in [0.25, 0.3) is 16.7 Å². The molecule has 0 amide bonds. The molecule has 2 saturated heterocycles. The third-order valence-corrected chi connectivity index (χ3v) is 9.00. The van der Waals surface area contributed by atoms with E-state index in [0.29, 0.717) is 0 Å². The molecule has 9 heteroatoms. The summed E-state index contributed by atoms with van der Waals surface area (Å²) < 4.78 is 13.2. The van der Waals surface area contributed by atoms with Crippen molar-refractivity contribution in [1.82, 2.24) is 19.7 Å². The lowest BCUT2D eigenvalue weighted by Gasteiger charge is -2.37. The normalized spacial score (nSPS) is 18.4. The minimum atomic E-state index is -0.00269. The lowest BCUT2D eigenvalue weighted by molar-refractivity contribution is 0.0920. The summed E-state index contributed by atoms with van der Waals surface area (Å²) in [6.45, 7) is 6.98. The highest BCUT2D eigenvalue weighted by Crippen LogP contribution is 2.33. The van der Waals surface area contributed by atoms with E-state index in [-0.39, 0.29) is 11.7 Å². The number of rotatable bonds is 10. The molecule has 0 spiro atoms. The summed E-state index contributed by atoms with van der Waals surface area (Å²) in [5.74, 6) is 2.63.